The van der Waals surface area contributed by atoms with Gasteiger partial charge in [0.25, 0.3) is 23.4 Å². The highest BCUT2D eigenvalue weighted by Crippen LogP contribution is 1.87. The van der Waals surface area contributed by atoms with E-state index in [9.17, 15) is 28.8 Å². The van der Waals surface area contributed by atoms with Crippen LogP contribution in [-0.2, 0) is 38.2 Å². The SMILES string of the molecule is CNC(=O)C(=O)COC(=O)/C=C/C(=O)OCC(=O)C(N)=O. The molecule has 0 heterocycles. The van der Waals surface area contributed by atoms with E-state index in [4.69, 9.17) is 0 Å². The Morgan fingerprint density at radius 3 is 1.71 bits per heavy atom. The number of primary amides is 1. The van der Waals surface area contributed by atoms with Crippen LogP contribution in [-0.4, -0.2) is 55.6 Å². The Balaban J connectivity index is 4.12. The first-order valence-corrected chi connectivity index (χ1v) is 5.37. The normalized spacial score (nSPS) is 9.76. The molecule has 0 bridgehead atoms. The molecule has 0 aromatic carbocycles. The fraction of sp³-hybridized carbons (Fsp3) is 0.273. The third-order valence-corrected chi connectivity index (χ3v) is 1.80. The summed E-state index contributed by atoms with van der Waals surface area (Å²) in [6.07, 6.45) is 1.23. The van der Waals surface area contributed by atoms with E-state index in [0.717, 1.165) is 0 Å². The molecule has 114 valence electrons. The Morgan fingerprint density at radius 2 is 1.33 bits per heavy atom. The zero-order chi connectivity index (χ0) is 16.4. The van der Waals surface area contributed by atoms with Crippen molar-refractivity contribution in [1.29, 1.82) is 0 Å². The van der Waals surface area contributed by atoms with Crippen LogP contribution in [0.3, 0.4) is 0 Å². The number of amides is 2. The van der Waals surface area contributed by atoms with Crippen LogP contribution in [0.1, 0.15) is 0 Å². The molecule has 3 N–H and O–H groups in total. The molecule has 0 unspecified atom stereocenters. The van der Waals surface area contributed by atoms with E-state index in [1.54, 1.807) is 0 Å². The average molecular weight is 300 g/mol. The zero-order valence-corrected chi connectivity index (χ0v) is 10.9. The second kappa shape index (κ2) is 8.96. The van der Waals surface area contributed by atoms with Gasteiger partial charge in [0.15, 0.2) is 13.2 Å². The van der Waals surface area contributed by atoms with E-state index in [2.05, 4.69) is 15.2 Å². The summed E-state index contributed by atoms with van der Waals surface area (Å²) in [5.74, 6) is -6.47. The van der Waals surface area contributed by atoms with Gasteiger partial charge in [0, 0.05) is 19.2 Å². The summed E-state index contributed by atoms with van der Waals surface area (Å²) < 4.78 is 8.64. The van der Waals surface area contributed by atoms with Gasteiger partial charge in [-0.3, -0.25) is 19.2 Å². The Kier molecular flexibility index (Phi) is 7.66. The molecule has 0 rings (SSSR count). The molecule has 21 heavy (non-hydrogen) atoms. The molecule has 0 saturated heterocycles. The number of hydrogen-bond acceptors (Lipinski definition) is 8. The van der Waals surface area contributed by atoms with Crippen molar-refractivity contribution in [2.75, 3.05) is 20.3 Å². The number of nitrogens with two attached hydrogens (primary N) is 1. The molecular formula is C11H12N2O8. The summed E-state index contributed by atoms with van der Waals surface area (Å²) in [7, 11) is 1.23. The summed E-state index contributed by atoms with van der Waals surface area (Å²) in [6.45, 7) is -1.65. The number of rotatable bonds is 8. The zero-order valence-electron chi connectivity index (χ0n) is 10.9. The van der Waals surface area contributed by atoms with E-state index in [-0.39, 0.29) is 0 Å². The molecule has 0 radical (unpaired) electrons. The van der Waals surface area contributed by atoms with Crippen LogP contribution in [0.2, 0.25) is 0 Å². The molecule has 10 nitrogen and oxygen atoms in total. The number of ether oxygens (including phenoxy) is 2. The number of Topliss-reactive ketones (excluding diaryl/α,β-unsaturated/α-hetero) is 2. The Bertz CT molecular complexity index is 508. The minimum atomic E-state index is -1.26. The third-order valence-electron chi connectivity index (χ3n) is 1.80. The summed E-state index contributed by atoms with van der Waals surface area (Å²) in [6, 6.07) is 0. The molecule has 0 aromatic heterocycles. The van der Waals surface area contributed by atoms with Crippen LogP contribution >= 0.6 is 0 Å². The van der Waals surface area contributed by atoms with Crippen LogP contribution in [0, 0.1) is 0 Å². The monoisotopic (exact) mass is 300 g/mol. The first kappa shape index (κ1) is 18.0. The second-order valence-electron chi connectivity index (χ2n) is 3.34. The Morgan fingerprint density at radius 1 is 0.905 bits per heavy atom. The van der Waals surface area contributed by atoms with Gasteiger partial charge in [-0.1, -0.05) is 0 Å². The fourth-order valence-electron chi connectivity index (χ4n) is 0.782. The first-order valence-electron chi connectivity index (χ1n) is 5.37. The van der Waals surface area contributed by atoms with E-state index in [0.29, 0.717) is 12.2 Å². The van der Waals surface area contributed by atoms with Crippen LogP contribution in [0.4, 0.5) is 0 Å². The lowest BCUT2D eigenvalue weighted by Crippen LogP contribution is -2.31. The highest BCUT2D eigenvalue weighted by atomic mass is 16.5. The minimum Gasteiger partial charge on any atom is -0.454 e. The van der Waals surface area contributed by atoms with Gasteiger partial charge in [-0.2, -0.15) is 0 Å². The summed E-state index contributed by atoms with van der Waals surface area (Å²) in [5, 5.41) is 2.03. The third kappa shape index (κ3) is 7.87. The number of carbonyl (C=O) groups excluding carboxylic acids is 6. The fourth-order valence-corrected chi connectivity index (χ4v) is 0.782. The summed E-state index contributed by atoms with van der Waals surface area (Å²) in [5.41, 5.74) is 4.61. The summed E-state index contributed by atoms with van der Waals surface area (Å²) >= 11 is 0. The van der Waals surface area contributed by atoms with Crippen molar-refractivity contribution in [2.45, 2.75) is 0 Å². The minimum absolute atomic E-state index is 0.612. The largest absolute Gasteiger partial charge is 0.454 e. The van der Waals surface area contributed by atoms with Crippen molar-refractivity contribution in [3.63, 3.8) is 0 Å². The number of hydrogen-bond donors (Lipinski definition) is 2. The number of ketones is 2. The average Bonchev–Trinajstić information content (AvgIpc) is 2.46. The van der Waals surface area contributed by atoms with Gasteiger partial charge < -0.3 is 20.5 Å². The maximum absolute atomic E-state index is 11.1. The lowest BCUT2D eigenvalue weighted by Gasteiger charge is -2.00. The highest BCUT2D eigenvalue weighted by Gasteiger charge is 2.14. The number of esters is 2. The number of nitrogens with one attached hydrogen (secondary N) is 1. The molecule has 0 fully saturated rings. The topological polar surface area (TPSA) is 159 Å². The van der Waals surface area contributed by atoms with Crippen LogP contribution in [0.15, 0.2) is 12.2 Å². The molecule has 0 atom stereocenters. The molecule has 0 aliphatic carbocycles. The standard InChI is InChI=1S/C11H12N2O8/c1-13-11(19)7(15)5-21-9(17)3-2-8(16)20-4-6(14)10(12)18/h2-3H,4-5H2,1H3,(H2,12,18)(H,13,19)/b3-2+. The van der Waals surface area contributed by atoms with E-state index >= 15 is 0 Å². The predicted molar refractivity (Wildman–Crippen MR) is 64.3 cm³/mol. The molecule has 10 heteroatoms. The van der Waals surface area contributed by atoms with Gasteiger partial charge in [-0.25, -0.2) is 9.59 Å². The van der Waals surface area contributed by atoms with Crippen LogP contribution < -0.4 is 11.1 Å². The molecule has 0 aliphatic heterocycles. The molecule has 2 amide bonds. The van der Waals surface area contributed by atoms with Gasteiger partial charge >= 0.3 is 11.9 Å². The Hall–Kier alpha value is -3.04. The van der Waals surface area contributed by atoms with Crippen molar-refractivity contribution in [2.24, 2.45) is 5.73 Å². The molecule has 0 saturated carbocycles. The van der Waals surface area contributed by atoms with Crippen molar-refractivity contribution in [1.82, 2.24) is 5.32 Å². The van der Waals surface area contributed by atoms with Gasteiger partial charge in [-0.15, -0.1) is 0 Å². The maximum Gasteiger partial charge on any atom is 0.331 e. The molecular weight excluding hydrogens is 288 g/mol. The van der Waals surface area contributed by atoms with Crippen LogP contribution in [0.25, 0.3) is 0 Å². The second-order valence-corrected chi connectivity index (χ2v) is 3.34. The van der Waals surface area contributed by atoms with E-state index in [1.807, 2.05) is 5.32 Å². The molecule has 0 aromatic rings. The van der Waals surface area contributed by atoms with Gasteiger partial charge in [-0.05, 0) is 0 Å². The highest BCUT2D eigenvalue weighted by molar-refractivity contribution is 6.37. The first-order chi connectivity index (χ1) is 9.77. The number of likely N-dealkylation sites (N-methyl/N-ethyl adjacent to an activating group) is 1. The predicted octanol–water partition coefficient (Wildman–Crippen LogP) is -3.00. The Labute approximate surface area is 118 Å². The van der Waals surface area contributed by atoms with Crippen molar-refractivity contribution in [3.05, 3.63) is 12.2 Å². The number of carbonyl (C=O) groups is 6. The van der Waals surface area contributed by atoms with Gasteiger partial charge in [0.05, 0.1) is 0 Å². The lowest BCUT2D eigenvalue weighted by molar-refractivity contribution is -0.148. The van der Waals surface area contributed by atoms with E-state index in [1.165, 1.54) is 7.05 Å². The van der Waals surface area contributed by atoms with Crippen molar-refractivity contribution in [3.8, 4) is 0 Å². The van der Waals surface area contributed by atoms with E-state index < -0.39 is 48.5 Å². The quantitative estimate of drug-likeness (QED) is 0.272. The van der Waals surface area contributed by atoms with Gasteiger partial charge in [0.1, 0.15) is 0 Å². The smallest absolute Gasteiger partial charge is 0.331 e. The summed E-state index contributed by atoms with van der Waals surface area (Å²) in [4.78, 5) is 64.9. The van der Waals surface area contributed by atoms with Crippen LogP contribution in [0.5, 0.6) is 0 Å². The lowest BCUT2D eigenvalue weighted by atomic mass is 10.4. The van der Waals surface area contributed by atoms with Gasteiger partial charge in [0.2, 0.25) is 0 Å². The van der Waals surface area contributed by atoms with Crippen molar-refractivity contribution >= 4 is 35.3 Å². The maximum atomic E-state index is 11.1. The van der Waals surface area contributed by atoms with Crippen molar-refractivity contribution < 1.29 is 38.2 Å². The molecule has 0 aliphatic rings. The molecule has 0 spiro atoms.